The van der Waals surface area contributed by atoms with Crippen LogP contribution in [0.1, 0.15) is 32.6 Å². The van der Waals surface area contributed by atoms with Crippen LogP contribution in [0.3, 0.4) is 0 Å². The molecule has 0 aromatic rings. The maximum atomic E-state index is 11.9. The summed E-state index contributed by atoms with van der Waals surface area (Å²) in [5.41, 5.74) is 0. The molecule has 0 spiro atoms. The van der Waals surface area contributed by atoms with E-state index in [1.807, 2.05) is 0 Å². The van der Waals surface area contributed by atoms with E-state index in [-0.39, 0.29) is 18.7 Å². The second-order valence-corrected chi connectivity index (χ2v) is 4.79. The van der Waals surface area contributed by atoms with Crippen molar-refractivity contribution in [1.82, 2.24) is 10.2 Å². The topological polar surface area (TPSA) is 89.9 Å². The molecule has 6 nitrogen and oxygen atoms in total. The minimum Gasteiger partial charge on any atom is -0.481 e. The lowest BCUT2D eigenvalue weighted by molar-refractivity contribution is -0.141. The molecular weight excluding hydrogens is 236 g/mol. The van der Waals surface area contributed by atoms with E-state index in [2.05, 4.69) is 5.32 Å². The van der Waals surface area contributed by atoms with Crippen molar-refractivity contribution in [3.63, 3.8) is 0 Å². The SMILES string of the molecule is CC(CCNC(=O)N1CCCCC1CO)C(=O)O. The molecule has 2 unspecified atom stereocenters. The Balaban J connectivity index is 2.33. The monoisotopic (exact) mass is 258 g/mol. The Labute approximate surface area is 107 Å². The highest BCUT2D eigenvalue weighted by Gasteiger charge is 2.25. The lowest BCUT2D eigenvalue weighted by Gasteiger charge is -2.34. The highest BCUT2D eigenvalue weighted by atomic mass is 16.4. The average molecular weight is 258 g/mol. The predicted molar refractivity (Wildman–Crippen MR) is 66.2 cm³/mol. The van der Waals surface area contributed by atoms with E-state index >= 15 is 0 Å². The Kier molecular flexibility index (Phi) is 5.91. The van der Waals surface area contributed by atoms with Crippen LogP contribution in [-0.4, -0.2) is 52.9 Å². The maximum absolute atomic E-state index is 11.9. The van der Waals surface area contributed by atoms with Gasteiger partial charge in [0.15, 0.2) is 0 Å². The first kappa shape index (κ1) is 14.8. The number of amides is 2. The molecule has 1 saturated heterocycles. The summed E-state index contributed by atoms with van der Waals surface area (Å²) in [7, 11) is 0. The Morgan fingerprint density at radius 2 is 2.17 bits per heavy atom. The number of nitrogens with zero attached hydrogens (tertiary/aromatic N) is 1. The number of hydrogen-bond acceptors (Lipinski definition) is 3. The molecule has 6 heteroatoms. The summed E-state index contributed by atoms with van der Waals surface area (Å²) in [6, 6.07) is -0.304. The molecule has 0 bridgehead atoms. The van der Waals surface area contributed by atoms with Gasteiger partial charge in [0, 0.05) is 13.1 Å². The summed E-state index contributed by atoms with van der Waals surface area (Å²) in [4.78, 5) is 24.1. The Morgan fingerprint density at radius 3 is 2.78 bits per heavy atom. The number of hydrogen-bond donors (Lipinski definition) is 3. The molecule has 1 rings (SSSR count). The average Bonchev–Trinajstić information content (AvgIpc) is 2.38. The molecule has 0 aliphatic carbocycles. The normalized spacial score (nSPS) is 21.4. The molecule has 0 radical (unpaired) electrons. The minimum atomic E-state index is -0.851. The van der Waals surface area contributed by atoms with Crippen molar-refractivity contribution in [3.05, 3.63) is 0 Å². The first-order chi connectivity index (χ1) is 8.56. The molecule has 1 heterocycles. The first-order valence-corrected chi connectivity index (χ1v) is 6.44. The number of nitrogens with one attached hydrogen (secondary N) is 1. The van der Waals surface area contributed by atoms with Crippen LogP contribution in [0.25, 0.3) is 0 Å². The van der Waals surface area contributed by atoms with Gasteiger partial charge in [-0.3, -0.25) is 4.79 Å². The van der Waals surface area contributed by atoms with Gasteiger partial charge in [-0.15, -0.1) is 0 Å². The molecule has 1 fully saturated rings. The zero-order chi connectivity index (χ0) is 13.5. The lowest BCUT2D eigenvalue weighted by atomic mass is 10.0. The second kappa shape index (κ2) is 7.20. The highest BCUT2D eigenvalue weighted by molar-refractivity contribution is 5.75. The van der Waals surface area contributed by atoms with Gasteiger partial charge in [-0.05, 0) is 25.7 Å². The fraction of sp³-hybridized carbons (Fsp3) is 0.833. The number of carbonyl (C=O) groups is 2. The van der Waals surface area contributed by atoms with Gasteiger partial charge in [-0.1, -0.05) is 6.92 Å². The fourth-order valence-electron chi connectivity index (χ4n) is 2.08. The van der Waals surface area contributed by atoms with Gasteiger partial charge in [0.1, 0.15) is 0 Å². The van der Waals surface area contributed by atoms with Crippen molar-refractivity contribution in [3.8, 4) is 0 Å². The number of carboxylic acid groups (broad SMARTS) is 1. The number of aliphatic carboxylic acids is 1. The summed E-state index contributed by atoms with van der Waals surface area (Å²) < 4.78 is 0. The van der Waals surface area contributed by atoms with Crippen LogP contribution >= 0.6 is 0 Å². The molecule has 1 aliphatic heterocycles. The molecule has 0 aromatic heterocycles. The summed E-state index contributed by atoms with van der Waals surface area (Å²) in [5.74, 6) is -1.31. The minimum absolute atomic E-state index is 0.0149. The van der Waals surface area contributed by atoms with Gasteiger partial charge in [-0.2, -0.15) is 0 Å². The van der Waals surface area contributed by atoms with E-state index in [1.165, 1.54) is 0 Å². The molecular formula is C12H22N2O4. The van der Waals surface area contributed by atoms with Crippen LogP contribution in [0.5, 0.6) is 0 Å². The smallest absolute Gasteiger partial charge is 0.317 e. The summed E-state index contributed by atoms with van der Waals surface area (Å²) in [6.45, 7) is 2.61. The third kappa shape index (κ3) is 4.18. The van der Waals surface area contributed by atoms with Crippen molar-refractivity contribution in [2.24, 2.45) is 5.92 Å². The molecule has 3 N–H and O–H groups in total. The van der Waals surface area contributed by atoms with Gasteiger partial charge in [0.25, 0.3) is 0 Å². The van der Waals surface area contributed by atoms with Gasteiger partial charge in [0.2, 0.25) is 0 Å². The van der Waals surface area contributed by atoms with Crippen molar-refractivity contribution < 1.29 is 19.8 Å². The number of likely N-dealkylation sites (tertiary alicyclic amines) is 1. The zero-order valence-corrected chi connectivity index (χ0v) is 10.8. The van der Waals surface area contributed by atoms with E-state index in [1.54, 1.807) is 11.8 Å². The molecule has 104 valence electrons. The van der Waals surface area contributed by atoms with Crippen LogP contribution in [0.4, 0.5) is 4.79 Å². The summed E-state index contributed by atoms with van der Waals surface area (Å²) in [5, 5.41) is 20.6. The summed E-state index contributed by atoms with van der Waals surface area (Å²) in [6.07, 6.45) is 3.23. The number of aliphatic hydroxyl groups excluding tert-OH is 1. The Bertz CT molecular complexity index is 296. The Morgan fingerprint density at radius 1 is 1.44 bits per heavy atom. The largest absolute Gasteiger partial charge is 0.481 e. The van der Waals surface area contributed by atoms with Crippen LogP contribution in [0, 0.1) is 5.92 Å². The Hall–Kier alpha value is -1.30. The first-order valence-electron chi connectivity index (χ1n) is 6.44. The maximum Gasteiger partial charge on any atom is 0.317 e. The van der Waals surface area contributed by atoms with Gasteiger partial charge >= 0.3 is 12.0 Å². The second-order valence-electron chi connectivity index (χ2n) is 4.79. The molecule has 2 amide bonds. The van der Waals surface area contributed by atoms with Gasteiger partial charge in [0.05, 0.1) is 18.6 Å². The van der Waals surface area contributed by atoms with Crippen molar-refractivity contribution in [2.75, 3.05) is 19.7 Å². The zero-order valence-electron chi connectivity index (χ0n) is 10.8. The van der Waals surface area contributed by atoms with E-state index in [0.717, 1.165) is 19.3 Å². The lowest BCUT2D eigenvalue weighted by Crippen LogP contribution is -2.50. The van der Waals surface area contributed by atoms with Crippen LogP contribution in [0.2, 0.25) is 0 Å². The summed E-state index contributed by atoms with van der Waals surface area (Å²) >= 11 is 0. The molecule has 1 aliphatic rings. The van der Waals surface area contributed by atoms with Crippen LogP contribution in [0.15, 0.2) is 0 Å². The fourth-order valence-corrected chi connectivity index (χ4v) is 2.08. The highest BCUT2D eigenvalue weighted by Crippen LogP contribution is 2.16. The van der Waals surface area contributed by atoms with Gasteiger partial charge in [-0.25, -0.2) is 4.79 Å². The molecule has 18 heavy (non-hydrogen) atoms. The third-order valence-corrected chi connectivity index (χ3v) is 3.37. The number of carbonyl (C=O) groups excluding carboxylic acids is 1. The number of urea groups is 1. The van der Waals surface area contributed by atoms with Crippen LogP contribution in [-0.2, 0) is 4.79 Å². The van der Waals surface area contributed by atoms with E-state index in [4.69, 9.17) is 5.11 Å². The molecule has 0 aromatic carbocycles. The quantitative estimate of drug-likeness (QED) is 0.675. The van der Waals surface area contributed by atoms with Crippen molar-refractivity contribution in [2.45, 2.75) is 38.6 Å². The number of rotatable bonds is 5. The number of carboxylic acids is 1. The van der Waals surface area contributed by atoms with Gasteiger partial charge < -0.3 is 20.4 Å². The van der Waals surface area contributed by atoms with E-state index in [9.17, 15) is 14.7 Å². The predicted octanol–water partition coefficient (Wildman–Crippen LogP) is 0.654. The van der Waals surface area contributed by atoms with E-state index in [0.29, 0.717) is 19.5 Å². The van der Waals surface area contributed by atoms with Crippen LogP contribution < -0.4 is 5.32 Å². The van der Waals surface area contributed by atoms with Crippen molar-refractivity contribution >= 4 is 12.0 Å². The standard InChI is InChI=1S/C12H22N2O4/c1-9(11(16)17)5-6-13-12(18)14-7-3-2-4-10(14)8-15/h9-10,15H,2-8H2,1H3,(H,13,18)(H,16,17). The number of aliphatic hydroxyl groups is 1. The third-order valence-electron chi connectivity index (χ3n) is 3.37. The number of piperidine rings is 1. The van der Waals surface area contributed by atoms with E-state index < -0.39 is 11.9 Å². The van der Waals surface area contributed by atoms with Crippen molar-refractivity contribution in [1.29, 1.82) is 0 Å². The molecule has 2 atom stereocenters. The molecule has 0 saturated carbocycles.